The van der Waals surface area contributed by atoms with E-state index in [1.165, 1.54) is 0 Å². The molecule has 60 heavy (non-hydrogen) atoms. The molecule has 330 valence electrons. The number of hydrogen-bond acceptors (Lipinski definition) is 2. The van der Waals surface area contributed by atoms with Crippen LogP contribution in [0.2, 0.25) is 0 Å². The first-order valence-electron chi connectivity index (χ1n) is 20.2. The van der Waals surface area contributed by atoms with Crippen LogP contribution in [0, 0.1) is 87.3 Å². The third-order valence-electron chi connectivity index (χ3n) is 13.2. The van der Waals surface area contributed by atoms with Gasteiger partial charge < -0.3 is 4.65 Å². The van der Waals surface area contributed by atoms with Gasteiger partial charge in [-0.25, -0.2) is 65.9 Å². The Labute approximate surface area is 336 Å². The molecule has 0 aliphatic heterocycles. The maximum absolute atomic E-state index is 15.9. The summed E-state index contributed by atoms with van der Waals surface area (Å²) < 4.78 is 233. The van der Waals surface area contributed by atoms with Crippen LogP contribution in [-0.2, 0) is 9.45 Å². The Morgan fingerprint density at radius 3 is 0.917 bits per heavy atom. The minimum absolute atomic E-state index is 0.236. The molecule has 0 unspecified atom stereocenters. The van der Waals surface area contributed by atoms with E-state index in [4.69, 9.17) is 4.65 Å². The zero-order valence-corrected chi connectivity index (χ0v) is 33.1. The molecule has 0 amide bonds. The predicted octanol–water partition coefficient (Wildman–Crippen LogP) is 11.5. The highest BCUT2D eigenvalue weighted by Crippen LogP contribution is 2.77. The second-order valence-electron chi connectivity index (χ2n) is 16.3. The van der Waals surface area contributed by atoms with Crippen molar-refractivity contribution in [3.63, 3.8) is 0 Å². The Hall–Kier alpha value is -3.43. The van der Waals surface area contributed by atoms with Gasteiger partial charge in [0.25, 0.3) is 12.3 Å². The summed E-state index contributed by atoms with van der Waals surface area (Å²) in [5, 5.41) is 0. The highest BCUT2D eigenvalue weighted by Gasteiger charge is 2.57. The van der Waals surface area contributed by atoms with Gasteiger partial charge in [-0.1, -0.05) is 35.7 Å². The zero-order valence-electron chi connectivity index (χ0n) is 32.2. The summed E-state index contributed by atoms with van der Waals surface area (Å²) in [4.78, 5) is 13.9. The smallest absolute Gasteiger partial charge is 0.268 e. The Morgan fingerprint density at radius 1 is 0.400 bits per heavy atom. The lowest BCUT2D eigenvalue weighted by Gasteiger charge is -2.49. The predicted molar refractivity (Wildman–Crippen MR) is 196 cm³/mol. The van der Waals surface area contributed by atoms with E-state index >= 15 is 26.3 Å². The summed E-state index contributed by atoms with van der Waals surface area (Å²) in [7, 11) is -1.86. The van der Waals surface area contributed by atoms with Crippen molar-refractivity contribution < 1.29 is 75.3 Å². The van der Waals surface area contributed by atoms with Crippen molar-refractivity contribution in [1.29, 1.82) is 0 Å². The molecule has 3 aromatic rings. The molecule has 3 aliphatic rings. The molecule has 0 heterocycles. The Bertz CT molecular complexity index is 1820. The summed E-state index contributed by atoms with van der Waals surface area (Å²) in [6, 6.07) is 0. The van der Waals surface area contributed by atoms with Crippen LogP contribution in [0.3, 0.4) is 0 Å². The first-order valence-corrected chi connectivity index (χ1v) is 22.4. The van der Waals surface area contributed by atoms with Crippen LogP contribution < -0.4 is 16.4 Å². The molecule has 0 N–H and O–H groups in total. The molecule has 3 aliphatic carbocycles. The fraction of sp³-hybridized carbons (Fsp3) is 0.537. The molecule has 2 nitrogen and oxygen atoms in total. The van der Waals surface area contributed by atoms with Crippen molar-refractivity contribution in [2.45, 2.75) is 133 Å². The number of halogens is 15. The summed E-state index contributed by atoms with van der Waals surface area (Å²) >= 11 is 0. The second kappa shape index (κ2) is 18.5. The standard InChI is InChI=1S/C41H41BF15O2P/c43-27-24(28(44)34(50)39(55)33(27)49)42(25-29(45)35(51)40(56)36(52)30(25)46,26-31(47)37(53)41(57)38(54)32(26)48)59-23(58)18-10-11-19-60(20-12-4-1-5-13-20,21-14-6-2-7-15-21)22-16-8-3-9-17-22/h20-22H,1-19H2. The third kappa shape index (κ3) is 7.82. The average Bonchev–Trinajstić information content (AvgIpc) is 3.26. The van der Waals surface area contributed by atoms with E-state index in [1.54, 1.807) is 0 Å². The maximum Gasteiger partial charge on any atom is 0.268 e. The normalized spacial score (nSPS) is 17.7. The van der Waals surface area contributed by atoms with E-state index in [2.05, 4.69) is 0 Å². The highest BCUT2D eigenvalue weighted by molar-refractivity contribution is 7.77. The number of carbonyl (C=O) groups is 1. The Morgan fingerprint density at radius 2 is 0.650 bits per heavy atom. The van der Waals surface area contributed by atoms with Crippen molar-refractivity contribution in [2.75, 3.05) is 6.16 Å². The van der Waals surface area contributed by atoms with Crippen molar-refractivity contribution in [3.8, 4) is 0 Å². The first-order chi connectivity index (χ1) is 28.4. The molecule has 3 aromatic carbocycles. The molecule has 0 radical (unpaired) electrons. The monoisotopic (exact) mass is 892 g/mol. The van der Waals surface area contributed by atoms with E-state index < -0.39 is 130 Å². The average molecular weight is 893 g/mol. The van der Waals surface area contributed by atoms with Gasteiger partial charge in [-0.2, -0.15) is 0 Å². The molecule has 0 bridgehead atoms. The number of hydrogen-bond donors (Lipinski definition) is 0. The quantitative estimate of drug-likeness (QED) is 0.0452. The van der Waals surface area contributed by atoms with Gasteiger partial charge in [0, 0.05) is 13.7 Å². The molecule has 0 atom stereocenters. The van der Waals surface area contributed by atoms with E-state index in [0.717, 1.165) is 96.3 Å². The molecule has 0 saturated heterocycles. The van der Waals surface area contributed by atoms with E-state index in [-0.39, 0.29) is 12.8 Å². The first kappa shape index (κ1) is 46.1. The van der Waals surface area contributed by atoms with Gasteiger partial charge in [0.2, 0.25) is 0 Å². The van der Waals surface area contributed by atoms with Crippen LogP contribution in [0.25, 0.3) is 0 Å². The fourth-order valence-electron chi connectivity index (χ4n) is 10.6. The van der Waals surface area contributed by atoms with Crippen LogP contribution in [0.4, 0.5) is 65.9 Å². The lowest BCUT2D eigenvalue weighted by molar-refractivity contribution is -0.134. The van der Waals surface area contributed by atoms with Gasteiger partial charge in [0.1, 0.15) is 34.9 Å². The largest absolute Gasteiger partial charge is 0.676 e. The van der Waals surface area contributed by atoms with Crippen LogP contribution in [-0.4, -0.2) is 35.5 Å². The van der Waals surface area contributed by atoms with Crippen molar-refractivity contribution in [1.82, 2.24) is 0 Å². The minimum atomic E-state index is -6.39. The zero-order chi connectivity index (χ0) is 43.8. The van der Waals surface area contributed by atoms with Gasteiger partial charge in [0.15, 0.2) is 52.4 Å². The maximum atomic E-state index is 15.9. The van der Waals surface area contributed by atoms with Crippen LogP contribution in [0.5, 0.6) is 0 Å². The fourth-order valence-corrected chi connectivity index (χ4v) is 18.2. The van der Waals surface area contributed by atoms with Crippen LogP contribution in [0.1, 0.15) is 116 Å². The number of rotatable bonds is 12. The molecule has 0 spiro atoms. The summed E-state index contributed by atoms with van der Waals surface area (Å²) in [5.74, 6) is -49.3. The van der Waals surface area contributed by atoms with Crippen LogP contribution in [0.15, 0.2) is 0 Å². The van der Waals surface area contributed by atoms with Crippen molar-refractivity contribution >= 4 is 36.0 Å². The summed E-state index contributed by atoms with van der Waals surface area (Å²) in [5.41, 5.74) is -7.58. The van der Waals surface area contributed by atoms with E-state index in [9.17, 15) is 44.3 Å². The van der Waals surface area contributed by atoms with Gasteiger partial charge >= 0.3 is 0 Å². The van der Waals surface area contributed by atoms with Gasteiger partial charge in [-0.05, 0) is 89.9 Å². The molecule has 19 heteroatoms. The Kier molecular flexibility index (Phi) is 14.2. The minimum Gasteiger partial charge on any atom is -0.676 e. The lowest BCUT2D eigenvalue weighted by atomic mass is 9.27. The molecule has 3 saturated carbocycles. The van der Waals surface area contributed by atoms with Gasteiger partial charge in [0.05, 0.1) is 23.1 Å². The van der Waals surface area contributed by atoms with Crippen molar-refractivity contribution in [2.24, 2.45) is 0 Å². The molecular formula is C41H41BF15O2P. The summed E-state index contributed by atoms with van der Waals surface area (Å²) in [6.45, 7) is 0. The van der Waals surface area contributed by atoms with Gasteiger partial charge in [-0.3, -0.25) is 4.79 Å². The molecule has 3 fully saturated rings. The van der Waals surface area contributed by atoms with Gasteiger partial charge in [-0.15, -0.1) is 0 Å². The summed E-state index contributed by atoms with van der Waals surface area (Å²) in [6.07, 6.45) is 8.76. The number of unbranched alkanes of at least 4 members (excludes halogenated alkanes) is 1. The van der Waals surface area contributed by atoms with E-state index in [0.29, 0.717) is 23.1 Å². The molecular weight excluding hydrogens is 851 g/mol. The van der Waals surface area contributed by atoms with Crippen molar-refractivity contribution in [3.05, 3.63) is 87.3 Å². The highest BCUT2D eigenvalue weighted by atomic mass is 31.2. The molecule has 6 rings (SSSR count). The topological polar surface area (TPSA) is 26.3 Å². The number of carbonyl (C=O) groups excluding carboxylic acids is 1. The Balaban J connectivity index is 1.50. The third-order valence-corrected chi connectivity index (χ3v) is 19.9. The van der Waals surface area contributed by atoms with E-state index in [1.807, 2.05) is 0 Å². The number of benzene rings is 3. The SMILES string of the molecule is O=C(CCCC[P+](C1CCCCC1)(C1CCCCC1)C1CCCCC1)O[B-](c1c(F)c(F)c(F)c(F)c1F)(c1c(F)c(F)c(F)c(F)c1F)c1c(F)c(F)c(F)c(F)c1F. The molecule has 0 aromatic heterocycles. The lowest BCUT2D eigenvalue weighted by Crippen LogP contribution is -2.75. The second-order valence-corrected chi connectivity index (χ2v) is 20.9. The van der Waals surface area contributed by atoms with Crippen LogP contribution >= 0.6 is 7.26 Å².